The highest BCUT2D eigenvalue weighted by Gasteiger charge is 2.32. The van der Waals surface area contributed by atoms with Crippen molar-refractivity contribution in [2.75, 3.05) is 7.05 Å². The molecule has 1 N–H and O–H groups in total. The van der Waals surface area contributed by atoms with Gasteiger partial charge in [0.15, 0.2) is 0 Å². The van der Waals surface area contributed by atoms with Crippen molar-refractivity contribution in [1.29, 1.82) is 0 Å². The monoisotopic (exact) mass is 115 g/mol. The third-order valence-corrected chi connectivity index (χ3v) is 2.40. The predicted molar refractivity (Wildman–Crippen MR) is 35.3 cm³/mol. The zero-order chi connectivity index (χ0) is 5.28. The summed E-state index contributed by atoms with van der Waals surface area (Å²) in [5.74, 6) is 0. The van der Waals surface area contributed by atoms with Gasteiger partial charge in [0.2, 0.25) is 0 Å². The standard InChI is InChI=1S/C5H10NP/c1-6-4-3-5(4)7-2/h4-6H,2-3H2,1H3/t4-,5?/m0/s1. The Bertz CT molecular complexity index is 82.1. The molecule has 0 spiro atoms. The molecule has 0 aliphatic heterocycles. The summed E-state index contributed by atoms with van der Waals surface area (Å²) in [4.78, 5) is 0. The zero-order valence-electron chi connectivity index (χ0n) is 4.52. The Kier molecular flexibility index (Phi) is 1.46. The van der Waals surface area contributed by atoms with Gasteiger partial charge in [-0.2, -0.15) is 0 Å². The topological polar surface area (TPSA) is 12.0 Å². The highest BCUT2D eigenvalue weighted by molar-refractivity contribution is 7.38. The maximum Gasteiger partial charge on any atom is 0.0178 e. The van der Waals surface area contributed by atoms with Crippen LogP contribution in [-0.4, -0.2) is 25.0 Å². The normalized spacial score (nSPS) is 39.0. The van der Waals surface area contributed by atoms with Gasteiger partial charge in [-0.15, -0.1) is 8.20 Å². The van der Waals surface area contributed by atoms with E-state index < -0.39 is 0 Å². The van der Waals surface area contributed by atoms with Gasteiger partial charge in [0.1, 0.15) is 0 Å². The SMILES string of the molecule is C=PC1C[C@@H]1NC. The van der Waals surface area contributed by atoms with E-state index in [1.54, 1.807) is 0 Å². The first-order chi connectivity index (χ1) is 3.38. The second-order valence-electron chi connectivity index (χ2n) is 1.88. The summed E-state index contributed by atoms with van der Waals surface area (Å²) in [6.45, 7) is 0. The quantitative estimate of drug-likeness (QED) is 0.523. The van der Waals surface area contributed by atoms with E-state index in [2.05, 4.69) is 11.6 Å². The number of rotatable bonds is 2. The van der Waals surface area contributed by atoms with Gasteiger partial charge in [-0.1, -0.05) is 6.30 Å². The minimum atomic E-state index is 0.791. The minimum absolute atomic E-state index is 0.791. The van der Waals surface area contributed by atoms with Gasteiger partial charge >= 0.3 is 0 Å². The Morgan fingerprint density at radius 2 is 2.57 bits per heavy atom. The van der Waals surface area contributed by atoms with Crippen molar-refractivity contribution in [1.82, 2.24) is 5.32 Å². The fourth-order valence-corrected chi connectivity index (χ4v) is 1.47. The molecule has 1 aliphatic rings. The molecule has 0 bridgehead atoms. The molecule has 1 unspecified atom stereocenters. The van der Waals surface area contributed by atoms with Gasteiger partial charge in [0.05, 0.1) is 0 Å². The van der Waals surface area contributed by atoms with E-state index in [1.165, 1.54) is 14.6 Å². The lowest BCUT2D eigenvalue weighted by atomic mass is 10.7. The van der Waals surface area contributed by atoms with E-state index in [0.29, 0.717) is 0 Å². The van der Waals surface area contributed by atoms with Crippen molar-refractivity contribution in [3.05, 3.63) is 0 Å². The average Bonchev–Trinajstić information content (AvgIpc) is 2.43. The number of hydrogen-bond acceptors (Lipinski definition) is 1. The first kappa shape index (κ1) is 5.27. The Balaban J connectivity index is 2.17. The summed E-state index contributed by atoms with van der Waals surface area (Å²) >= 11 is 0. The van der Waals surface area contributed by atoms with Crippen LogP contribution in [0, 0.1) is 0 Å². The summed E-state index contributed by atoms with van der Waals surface area (Å²) in [7, 11) is 3.32. The van der Waals surface area contributed by atoms with Crippen LogP contribution in [0.1, 0.15) is 6.42 Å². The van der Waals surface area contributed by atoms with Crippen molar-refractivity contribution < 1.29 is 0 Å². The van der Waals surface area contributed by atoms with Crippen LogP contribution in [-0.2, 0) is 0 Å². The molecule has 1 rings (SSSR count). The molecule has 1 saturated carbocycles. The van der Waals surface area contributed by atoms with E-state index in [1.807, 2.05) is 7.05 Å². The molecule has 0 amide bonds. The molecule has 0 saturated heterocycles. The molecule has 0 aromatic carbocycles. The lowest BCUT2D eigenvalue weighted by Gasteiger charge is -1.85. The minimum Gasteiger partial charge on any atom is -0.316 e. The maximum atomic E-state index is 3.78. The van der Waals surface area contributed by atoms with Crippen molar-refractivity contribution in [3.8, 4) is 0 Å². The van der Waals surface area contributed by atoms with Gasteiger partial charge in [-0.25, -0.2) is 0 Å². The molecule has 7 heavy (non-hydrogen) atoms. The van der Waals surface area contributed by atoms with Crippen molar-refractivity contribution in [3.63, 3.8) is 0 Å². The molecule has 1 nitrogen and oxygen atoms in total. The fourth-order valence-electron chi connectivity index (χ4n) is 0.694. The largest absolute Gasteiger partial charge is 0.316 e. The number of hydrogen-bond donors (Lipinski definition) is 1. The Morgan fingerprint density at radius 3 is 2.71 bits per heavy atom. The lowest BCUT2D eigenvalue weighted by molar-refractivity contribution is 0.813. The molecule has 1 aliphatic carbocycles. The van der Waals surface area contributed by atoms with E-state index in [4.69, 9.17) is 0 Å². The molecule has 0 radical (unpaired) electrons. The Hall–Kier alpha value is 0.130. The molecule has 0 heterocycles. The van der Waals surface area contributed by atoms with E-state index in [9.17, 15) is 0 Å². The third kappa shape index (κ3) is 1.02. The van der Waals surface area contributed by atoms with Crippen molar-refractivity contribution in [2.45, 2.75) is 18.1 Å². The Labute approximate surface area is 45.9 Å². The van der Waals surface area contributed by atoms with Crippen LogP contribution in [0.3, 0.4) is 0 Å². The van der Waals surface area contributed by atoms with Crippen LogP contribution in [0.25, 0.3) is 0 Å². The van der Waals surface area contributed by atoms with Gasteiger partial charge in [0, 0.05) is 11.7 Å². The maximum absolute atomic E-state index is 3.78. The second kappa shape index (κ2) is 1.94. The average molecular weight is 115 g/mol. The fraction of sp³-hybridized carbons (Fsp3) is 0.800. The van der Waals surface area contributed by atoms with Crippen LogP contribution >= 0.6 is 8.20 Å². The summed E-state index contributed by atoms with van der Waals surface area (Å²) in [5.41, 5.74) is 0.866. The molecule has 0 aromatic heterocycles. The lowest BCUT2D eigenvalue weighted by Crippen LogP contribution is -2.10. The van der Waals surface area contributed by atoms with E-state index >= 15 is 0 Å². The molecule has 1 fully saturated rings. The summed E-state index contributed by atoms with van der Waals surface area (Å²) in [6, 6.07) is 0.791. The van der Waals surface area contributed by atoms with Crippen LogP contribution in [0.2, 0.25) is 0 Å². The third-order valence-electron chi connectivity index (χ3n) is 1.36. The highest BCUT2D eigenvalue weighted by atomic mass is 31.1. The van der Waals surface area contributed by atoms with Crippen LogP contribution in [0.5, 0.6) is 0 Å². The Morgan fingerprint density at radius 1 is 1.86 bits per heavy atom. The predicted octanol–water partition coefficient (Wildman–Crippen LogP) is 0.725. The van der Waals surface area contributed by atoms with Gasteiger partial charge in [0.25, 0.3) is 0 Å². The smallest absolute Gasteiger partial charge is 0.0178 e. The second-order valence-corrected chi connectivity index (χ2v) is 2.91. The molecule has 0 aromatic rings. The van der Waals surface area contributed by atoms with Crippen LogP contribution in [0.15, 0.2) is 0 Å². The van der Waals surface area contributed by atoms with E-state index in [0.717, 1.165) is 11.7 Å². The zero-order valence-corrected chi connectivity index (χ0v) is 5.41. The molecule has 2 atom stereocenters. The molecule has 40 valence electrons. The van der Waals surface area contributed by atoms with Crippen LogP contribution < -0.4 is 5.32 Å². The van der Waals surface area contributed by atoms with Gasteiger partial charge in [-0.05, 0) is 13.5 Å². The van der Waals surface area contributed by atoms with E-state index in [-0.39, 0.29) is 0 Å². The van der Waals surface area contributed by atoms with Gasteiger partial charge in [-0.3, -0.25) is 0 Å². The first-order valence-electron chi connectivity index (χ1n) is 2.51. The molecular formula is C5H10NP. The van der Waals surface area contributed by atoms with Gasteiger partial charge < -0.3 is 5.32 Å². The summed E-state index contributed by atoms with van der Waals surface area (Å²) in [6.07, 6.45) is 5.11. The summed E-state index contributed by atoms with van der Waals surface area (Å²) < 4.78 is 0. The highest BCUT2D eigenvalue weighted by Crippen LogP contribution is 2.32. The van der Waals surface area contributed by atoms with Crippen LogP contribution in [0.4, 0.5) is 0 Å². The molecular weight excluding hydrogens is 105 g/mol. The molecule has 2 heteroatoms. The first-order valence-corrected chi connectivity index (χ1v) is 3.66. The number of nitrogens with one attached hydrogen (secondary N) is 1. The van der Waals surface area contributed by atoms with Crippen molar-refractivity contribution in [2.24, 2.45) is 0 Å². The van der Waals surface area contributed by atoms with Crippen molar-refractivity contribution >= 4 is 14.5 Å². The summed E-state index contributed by atoms with van der Waals surface area (Å²) in [5, 5.41) is 3.19.